The molecule has 0 atom stereocenters. The van der Waals surface area contributed by atoms with E-state index in [1.165, 1.54) is 49.6 Å². The molecule has 3 rings (SSSR count). The van der Waals surface area contributed by atoms with Crippen LogP contribution in [0.3, 0.4) is 0 Å². The third-order valence-electron chi connectivity index (χ3n) is 5.88. The van der Waals surface area contributed by atoms with Crippen molar-refractivity contribution in [3.63, 3.8) is 0 Å². The number of amides is 1. The summed E-state index contributed by atoms with van der Waals surface area (Å²) in [4.78, 5) is 27.5. The van der Waals surface area contributed by atoms with Crippen molar-refractivity contribution in [3.05, 3.63) is 46.5 Å². The minimum Gasteiger partial charge on any atom is -0.496 e. The van der Waals surface area contributed by atoms with Crippen molar-refractivity contribution in [1.82, 2.24) is 4.90 Å². The number of hydrogen-bond acceptors (Lipinski definition) is 8. The number of benzene rings is 2. The van der Waals surface area contributed by atoms with Gasteiger partial charge in [0.05, 0.1) is 42.7 Å². The van der Waals surface area contributed by atoms with Crippen LogP contribution < -0.4 is 28.4 Å². The van der Waals surface area contributed by atoms with Gasteiger partial charge in [0, 0.05) is 54.4 Å². The second-order valence-electron chi connectivity index (χ2n) is 7.94. The van der Waals surface area contributed by atoms with Gasteiger partial charge >= 0.3 is 0 Å². The summed E-state index contributed by atoms with van der Waals surface area (Å²) in [5.41, 5.74) is 2.08. The molecule has 1 heterocycles. The third kappa shape index (κ3) is 5.40. The molecular formula is C27H31NO8. The summed E-state index contributed by atoms with van der Waals surface area (Å²) in [5, 5.41) is 0. The average molecular weight is 498 g/mol. The van der Waals surface area contributed by atoms with Gasteiger partial charge in [-0.05, 0) is 24.3 Å². The highest BCUT2D eigenvalue weighted by molar-refractivity contribution is 6.15. The van der Waals surface area contributed by atoms with Gasteiger partial charge in [-0.2, -0.15) is 0 Å². The molecule has 0 saturated carbocycles. The molecule has 1 saturated heterocycles. The summed E-state index contributed by atoms with van der Waals surface area (Å²) in [7, 11) is 9.18. The molecule has 2 aromatic rings. The number of carbonyl (C=O) groups excluding carboxylic acids is 2. The van der Waals surface area contributed by atoms with E-state index in [1.54, 1.807) is 41.3 Å². The van der Waals surface area contributed by atoms with Crippen LogP contribution in [0.15, 0.2) is 35.4 Å². The molecule has 9 nitrogen and oxygen atoms in total. The van der Waals surface area contributed by atoms with E-state index in [1.807, 2.05) is 0 Å². The molecule has 9 heteroatoms. The van der Waals surface area contributed by atoms with Gasteiger partial charge in [-0.25, -0.2) is 0 Å². The van der Waals surface area contributed by atoms with Crippen LogP contribution in [0.4, 0.5) is 0 Å². The van der Waals surface area contributed by atoms with Gasteiger partial charge in [0.2, 0.25) is 5.91 Å². The zero-order chi connectivity index (χ0) is 26.4. The molecular weight excluding hydrogens is 466 g/mol. The molecule has 0 unspecified atom stereocenters. The van der Waals surface area contributed by atoms with Crippen LogP contribution >= 0.6 is 0 Å². The predicted octanol–water partition coefficient (Wildman–Crippen LogP) is 3.64. The number of Topliss-reactive ketones (excluding diaryl/α,β-unsaturated/α-hetero) is 1. The first-order chi connectivity index (χ1) is 17.3. The fourth-order valence-corrected chi connectivity index (χ4v) is 3.97. The molecule has 0 radical (unpaired) electrons. The molecule has 0 N–H and O–H groups in total. The summed E-state index contributed by atoms with van der Waals surface area (Å²) in [5.74, 6) is 2.63. The van der Waals surface area contributed by atoms with Gasteiger partial charge in [-0.1, -0.05) is 0 Å². The molecule has 0 spiro atoms. The number of likely N-dealkylation sites (tertiary alicyclic amines) is 1. The standard InChI is InChI=1S/C27H31NO8/c1-16(29)28-14-19(8-17-10-23(33-4)25(35-6)12-21(17)31-2)27(30)20(15-28)9-18-11-24(34-5)26(36-7)13-22(18)32-3/h8-13H,14-15H2,1-7H3/b19-8-,20-9+. The number of piperidine rings is 1. The number of carbonyl (C=O) groups is 2. The Hall–Kier alpha value is -4.14. The number of ketones is 1. The Kier molecular flexibility index (Phi) is 8.47. The van der Waals surface area contributed by atoms with Crippen molar-refractivity contribution in [3.8, 4) is 34.5 Å². The van der Waals surface area contributed by atoms with Crippen molar-refractivity contribution < 1.29 is 38.0 Å². The Balaban J connectivity index is 2.14. The quantitative estimate of drug-likeness (QED) is 0.511. The molecule has 1 aliphatic rings. The van der Waals surface area contributed by atoms with E-state index in [2.05, 4.69) is 0 Å². The molecule has 36 heavy (non-hydrogen) atoms. The molecule has 192 valence electrons. The van der Waals surface area contributed by atoms with Crippen molar-refractivity contribution in [2.75, 3.05) is 55.7 Å². The van der Waals surface area contributed by atoms with Crippen molar-refractivity contribution in [2.24, 2.45) is 0 Å². The third-order valence-corrected chi connectivity index (χ3v) is 5.88. The lowest BCUT2D eigenvalue weighted by atomic mass is 9.93. The molecule has 1 fully saturated rings. The van der Waals surface area contributed by atoms with Crippen LogP contribution in [0.1, 0.15) is 18.1 Å². The van der Waals surface area contributed by atoms with Crippen LogP contribution in [0.5, 0.6) is 34.5 Å². The lowest BCUT2D eigenvalue weighted by Gasteiger charge is -2.29. The first-order valence-electron chi connectivity index (χ1n) is 11.1. The average Bonchev–Trinajstić information content (AvgIpc) is 2.89. The lowest BCUT2D eigenvalue weighted by molar-refractivity contribution is -0.129. The summed E-state index contributed by atoms with van der Waals surface area (Å²) in [6.07, 6.45) is 3.41. The van der Waals surface area contributed by atoms with E-state index in [4.69, 9.17) is 28.4 Å². The fraction of sp³-hybridized carbons (Fsp3) is 0.333. The number of ether oxygens (including phenoxy) is 6. The van der Waals surface area contributed by atoms with Gasteiger partial charge in [0.15, 0.2) is 28.8 Å². The Morgan fingerprint density at radius 3 is 1.28 bits per heavy atom. The summed E-state index contributed by atoms with van der Waals surface area (Å²) < 4.78 is 32.5. The molecule has 0 aromatic heterocycles. The Morgan fingerprint density at radius 2 is 0.972 bits per heavy atom. The van der Waals surface area contributed by atoms with Gasteiger partial charge in [0.1, 0.15) is 11.5 Å². The first-order valence-corrected chi connectivity index (χ1v) is 11.1. The van der Waals surface area contributed by atoms with E-state index < -0.39 is 0 Å². The van der Waals surface area contributed by atoms with E-state index >= 15 is 0 Å². The highest BCUT2D eigenvalue weighted by Crippen LogP contribution is 2.38. The normalized spacial score (nSPS) is 15.6. The Morgan fingerprint density at radius 1 is 0.639 bits per heavy atom. The van der Waals surface area contributed by atoms with E-state index in [9.17, 15) is 9.59 Å². The highest BCUT2D eigenvalue weighted by atomic mass is 16.5. The fourth-order valence-electron chi connectivity index (χ4n) is 3.97. The second kappa shape index (κ2) is 11.5. The number of rotatable bonds is 8. The van der Waals surface area contributed by atoms with E-state index in [0.29, 0.717) is 56.8 Å². The monoisotopic (exact) mass is 497 g/mol. The maximum Gasteiger partial charge on any atom is 0.220 e. The number of methoxy groups -OCH3 is 6. The van der Waals surface area contributed by atoms with E-state index in [0.717, 1.165) is 0 Å². The largest absolute Gasteiger partial charge is 0.496 e. The lowest BCUT2D eigenvalue weighted by Crippen LogP contribution is -2.40. The van der Waals surface area contributed by atoms with Gasteiger partial charge < -0.3 is 33.3 Å². The molecule has 0 bridgehead atoms. The van der Waals surface area contributed by atoms with Crippen LogP contribution in [-0.4, -0.2) is 72.3 Å². The summed E-state index contributed by atoms with van der Waals surface area (Å²) in [6, 6.07) is 6.83. The Labute approximate surface area is 210 Å². The zero-order valence-electron chi connectivity index (χ0n) is 21.6. The van der Waals surface area contributed by atoms with Crippen molar-refractivity contribution >= 4 is 23.8 Å². The van der Waals surface area contributed by atoms with Gasteiger partial charge in [-0.3, -0.25) is 9.59 Å². The molecule has 2 aromatic carbocycles. The second-order valence-corrected chi connectivity index (χ2v) is 7.94. The Bertz CT molecular complexity index is 1130. The predicted molar refractivity (Wildman–Crippen MR) is 135 cm³/mol. The van der Waals surface area contributed by atoms with Crippen molar-refractivity contribution in [2.45, 2.75) is 6.92 Å². The first kappa shape index (κ1) is 26.5. The minimum atomic E-state index is -0.193. The van der Waals surface area contributed by atoms with Crippen LogP contribution in [0, 0.1) is 0 Å². The zero-order valence-corrected chi connectivity index (χ0v) is 21.6. The van der Waals surface area contributed by atoms with Gasteiger partial charge in [0.25, 0.3) is 0 Å². The number of hydrogen-bond donors (Lipinski definition) is 0. The molecule has 1 aliphatic heterocycles. The summed E-state index contributed by atoms with van der Waals surface area (Å²) >= 11 is 0. The molecule has 0 aliphatic carbocycles. The van der Waals surface area contributed by atoms with Crippen LogP contribution in [-0.2, 0) is 9.59 Å². The number of nitrogens with zero attached hydrogens (tertiary/aromatic N) is 1. The highest BCUT2D eigenvalue weighted by Gasteiger charge is 2.28. The SMILES string of the molecule is COc1cc(OC)c(OC)cc1/C=C1/CN(C(C)=O)C/C(=C\c2cc(OC)c(OC)cc2OC)C1=O. The maximum atomic E-state index is 13.6. The maximum absolute atomic E-state index is 13.6. The van der Waals surface area contributed by atoms with Crippen LogP contribution in [0.25, 0.3) is 12.2 Å². The smallest absolute Gasteiger partial charge is 0.220 e. The van der Waals surface area contributed by atoms with Crippen LogP contribution in [0.2, 0.25) is 0 Å². The van der Waals surface area contributed by atoms with Crippen molar-refractivity contribution in [1.29, 1.82) is 0 Å². The topological polar surface area (TPSA) is 92.8 Å². The summed E-state index contributed by atoms with van der Waals surface area (Å²) in [6.45, 7) is 1.79. The van der Waals surface area contributed by atoms with E-state index in [-0.39, 0.29) is 24.8 Å². The molecule has 1 amide bonds. The minimum absolute atomic E-state index is 0.155. The van der Waals surface area contributed by atoms with Gasteiger partial charge in [-0.15, -0.1) is 0 Å².